The highest BCUT2D eigenvalue weighted by molar-refractivity contribution is 14.0. The van der Waals surface area contributed by atoms with Crippen molar-refractivity contribution >= 4 is 41.5 Å². The van der Waals surface area contributed by atoms with Gasteiger partial charge >= 0.3 is 0 Å². The number of pyridine rings is 1. The number of nitrogens with zero attached hydrogens (tertiary/aromatic N) is 2. The Morgan fingerprint density at radius 1 is 1.29 bits per heavy atom. The molecule has 0 aliphatic carbocycles. The second kappa shape index (κ2) is 11.6. The van der Waals surface area contributed by atoms with Crippen molar-refractivity contribution in [3.05, 3.63) is 59.9 Å². The van der Waals surface area contributed by atoms with Crippen LogP contribution in [0.1, 0.15) is 24.1 Å². The summed E-state index contributed by atoms with van der Waals surface area (Å²) in [5.74, 6) is 0.295. The van der Waals surface area contributed by atoms with Gasteiger partial charge in [0.25, 0.3) is 5.91 Å². The van der Waals surface area contributed by atoms with Crippen LogP contribution in [0.4, 0.5) is 5.69 Å². The number of nitrogens with one attached hydrogen (secondary N) is 2. The Kier molecular flexibility index (Phi) is 9.15. The fourth-order valence-corrected chi connectivity index (χ4v) is 2.85. The van der Waals surface area contributed by atoms with Gasteiger partial charge in [0.2, 0.25) is 0 Å². The van der Waals surface area contributed by atoms with Crippen molar-refractivity contribution < 1.29 is 9.53 Å². The molecule has 1 aliphatic heterocycles. The summed E-state index contributed by atoms with van der Waals surface area (Å²) < 4.78 is 5.40. The molecule has 0 radical (unpaired) electrons. The molecule has 3 rings (SSSR count). The van der Waals surface area contributed by atoms with Crippen LogP contribution in [0.2, 0.25) is 0 Å². The number of hydrogen-bond acceptors (Lipinski definition) is 4. The third-order valence-corrected chi connectivity index (χ3v) is 4.26. The first-order valence-electron chi connectivity index (χ1n) is 9.16. The van der Waals surface area contributed by atoms with Crippen LogP contribution >= 0.6 is 24.0 Å². The molecule has 28 heavy (non-hydrogen) atoms. The first-order valence-corrected chi connectivity index (χ1v) is 9.16. The minimum atomic E-state index is -0.342. The van der Waals surface area contributed by atoms with E-state index in [1.165, 1.54) is 0 Å². The number of anilines is 1. The van der Waals surface area contributed by atoms with Crippen LogP contribution in [-0.2, 0) is 22.5 Å². The molecular formula is C20H26IN5O2. The number of benzene rings is 1. The smallest absolute Gasteiger partial charge is 0.253 e. The molecule has 1 amide bonds. The van der Waals surface area contributed by atoms with Gasteiger partial charge < -0.3 is 21.1 Å². The first kappa shape index (κ1) is 22.1. The number of guanidine groups is 1. The number of aromatic nitrogens is 1. The molecule has 4 N–H and O–H groups in total. The topological polar surface area (TPSA) is 102 Å². The molecule has 1 saturated heterocycles. The lowest BCUT2D eigenvalue weighted by atomic mass is 10.2. The summed E-state index contributed by atoms with van der Waals surface area (Å²) in [7, 11) is 0. The average Bonchev–Trinajstić information content (AvgIpc) is 3.23. The van der Waals surface area contributed by atoms with Crippen molar-refractivity contribution in [2.24, 2.45) is 10.7 Å². The van der Waals surface area contributed by atoms with Crippen LogP contribution in [0.15, 0.2) is 53.7 Å². The molecule has 1 unspecified atom stereocenters. The molecule has 0 bridgehead atoms. The Bertz CT molecular complexity index is 779. The highest BCUT2D eigenvalue weighted by Gasteiger charge is 2.23. The number of nitrogens with two attached hydrogens (primary N) is 1. The highest BCUT2D eigenvalue weighted by Crippen LogP contribution is 2.16. The lowest BCUT2D eigenvalue weighted by Crippen LogP contribution is -2.33. The van der Waals surface area contributed by atoms with E-state index in [0.717, 1.165) is 36.2 Å². The van der Waals surface area contributed by atoms with E-state index in [-0.39, 0.29) is 36.0 Å². The zero-order valence-electron chi connectivity index (χ0n) is 15.6. The van der Waals surface area contributed by atoms with Gasteiger partial charge in [-0.25, -0.2) is 4.99 Å². The van der Waals surface area contributed by atoms with E-state index in [1.54, 1.807) is 6.20 Å². The summed E-state index contributed by atoms with van der Waals surface area (Å²) in [5, 5.41) is 5.98. The SMILES string of the molecule is I.NC(=NCc1cccc(NC(=O)C2CCCO2)c1)NCCc1ccccn1. The molecule has 0 spiro atoms. The average molecular weight is 495 g/mol. The Morgan fingerprint density at radius 2 is 2.18 bits per heavy atom. The number of amides is 1. The molecule has 2 aromatic rings. The molecule has 8 heteroatoms. The maximum atomic E-state index is 12.1. The summed E-state index contributed by atoms with van der Waals surface area (Å²) >= 11 is 0. The zero-order chi connectivity index (χ0) is 18.9. The lowest BCUT2D eigenvalue weighted by molar-refractivity contribution is -0.124. The van der Waals surface area contributed by atoms with Crippen molar-refractivity contribution in [3.8, 4) is 0 Å². The van der Waals surface area contributed by atoms with Gasteiger partial charge in [0, 0.05) is 37.2 Å². The Labute approximate surface area is 182 Å². The van der Waals surface area contributed by atoms with E-state index in [2.05, 4.69) is 20.6 Å². The van der Waals surface area contributed by atoms with E-state index in [4.69, 9.17) is 10.5 Å². The first-order chi connectivity index (χ1) is 13.2. The van der Waals surface area contributed by atoms with E-state index < -0.39 is 0 Å². The van der Waals surface area contributed by atoms with Crippen LogP contribution in [-0.4, -0.2) is 36.1 Å². The largest absolute Gasteiger partial charge is 0.370 e. The molecule has 1 aromatic heterocycles. The van der Waals surface area contributed by atoms with Crippen molar-refractivity contribution in [2.75, 3.05) is 18.5 Å². The summed E-state index contributed by atoms with van der Waals surface area (Å²) in [4.78, 5) is 20.7. The Balaban J connectivity index is 0.00000280. The van der Waals surface area contributed by atoms with Gasteiger partial charge in [-0.2, -0.15) is 0 Å². The summed E-state index contributed by atoms with van der Waals surface area (Å²) in [6, 6.07) is 13.4. The van der Waals surface area contributed by atoms with Crippen LogP contribution in [0.25, 0.3) is 0 Å². The van der Waals surface area contributed by atoms with E-state index in [1.807, 2.05) is 42.5 Å². The van der Waals surface area contributed by atoms with Gasteiger partial charge in [0.05, 0.1) is 6.54 Å². The second-order valence-corrected chi connectivity index (χ2v) is 6.39. The Morgan fingerprint density at radius 3 is 2.93 bits per heavy atom. The summed E-state index contributed by atoms with van der Waals surface area (Å²) in [5.41, 5.74) is 8.63. The molecular weight excluding hydrogens is 469 g/mol. The molecule has 0 saturated carbocycles. The number of carbonyl (C=O) groups is 1. The van der Waals surface area contributed by atoms with Crippen LogP contribution in [0, 0.1) is 0 Å². The van der Waals surface area contributed by atoms with Gasteiger partial charge in [0.15, 0.2) is 5.96 Å². The molecule has 1 aliphatic rings. The van der Waals surface area contributed by atoms with E-state index >= 15 is 0 Å². The number of halogens is 1. The number of hydrogen-bond donors (Lipinski definition) is 3. The summed E-state index contributed by atoms with van der Waals surface area (Å²) in [6.07, 6.45) is 3.92. The monoisotopic (exact) mass is 495 g/mol. The normalized spacial score (nSPS) is 16.3. The molecule has 150 valence electrons. The standard InChI is InChI=1S/C20H25N5O2.HI/c21-20(23-11-9-16-6-1-2-10-22-16)24-14-15-5-3-7-17(13-15)25-19(26)18-8-4-12-27-18;/h1-3,5-7,10,13,18H,4,8-9,11-12,14H2,(H,25,26)(H3,21,23,24);1H. The van der Waals surface area contributed by atoms with Crippen LogP contribution in [0.3, 0.4) is 0 Å². The minimum Gasteiger partial charge on any atom is -0.370 e. The maximum absolute atomic E-state index is 12.1. The van der Waals surface area contributed by atoms with Crippen molar-refractivity contribution in [2.45, 2.75) is 31.9 Å². The molecule has 7 nitrogen and oxygen atoms in total. The molecule has 1 aromatic carbocycles. The number of rotatable bonds is 7. The van der Waals surface area contributed by atoms with Crippen molar-refractivity contribution in [3.63, 3.8) is 0 Å². The fourth-order valence-electron chi connectivity index (χ4n) is 2.85. The van der Waals surface area contributed by atoms with Crippen LogP contribution in [0.5, 0.6) is 0 Å². The maximum Gasteiger partial charge on any atom is 0.253 e. The number of ether oxygens (including phenoxy) is 1. The third-order valence-electron chi connectivity index (χ3n) is 4.26. The summed E-state index contributed by atoms with van der Waals surface area (Å²) in [6.45, 7) is 1.76. The molecule has 1 fully saturated rings. The highest BCUT2D eigenvalue weighted by atomic mass is 127. The van der Waals surface area contributed by atoms with Gasteiger partial charge in [-0.15, -0.1) is 24.0 Å². The Hall–Kier alpha value is -2.20. The van der Waals surface area contributed by atoms with E-state index in [0.29, 0.717) is 25.7 Å². The lowest BCUT2D eigenvalue weighted by Gasteiger charge is -2.11. The fraction of sp³-hybridized carbons (Fsp3) is 0.350. The third kappa shape index (κ3) is 7.08. The number of carbonyl (C=O) groups excluding carboxylic acids is 1. The van der Waals surface area contributed by atoms with Crippen molar-refractivity contribution in [1.82, 2.24) is 10.3 Å². The number of aliphatic imine (C=N–C) groups is 1. The van der Waals surface area contributed by atoms with Crippen molar-refractivity contribution in [1.29, 1.82) is 0 Å². The molecule has 1 atom stereocenters. The second-order valence-electron chi connectivity index (χ2n) is 6.39. The van der Waals surface area contributed by atoms with Gasteiger partial charge in [-0.1, -0.05) is 18.2 Å². The predicted octanol–water partition coefficient (Wildman–Crippen LogP) is 2.46. The van der Waals surface area contributed by atoms with Crippen LogP contribution < -0.4 is 16.4 Å². The van der Waals surface area contributed by atoms with E-state index in [9.17, 15) is 4.79 Å². The van der Waals surface area contributed by atoms with Gasteiger partial charge in [-0.05, 0) is 42.7 Å². The molecule has 2 heterocycles. The minimum absolute atomic E-state index is 0. The quantitative estimate of drug-likeness (QED) is 0.311. The zero-order valence-corrected chi connectivity index (χ0v) is 18.0. The van der Waals surface area contributed by atoms with Gasteiger partial charge in [-0.3, -0.25) is 9.78 Å². The predicted molar refractivity (Wildman–Crippen MR) is 121 cm³/mol. The van der Waals surface area contributed by atoms with Gasteiger partial charge in [0.1, 0.15) is 6.10 Å².